The largest absolute Gasteiger partial charge is 0.494 e. The highest BCUT2D eigenvalue weighted by Gasteiger charge is 2.18. The molecule has 1 N–H and O–H groups in total. The summed E-state index contributed by atoms with van der Waals surface area (Å²) in [5, 5.41) is 24.6. The van der Waals surface area contributed by atoms with E-state index in [2.05, 4.69) is 15.5 Å². The van der Waals surface area contributed by atoms with Gasteiger partial charge in [0.25, 0.3) is 5.69 Å². The number of hydrogen-bond acceptors (Lipinski definition) is 8. The number of carbonyl (C=O) groups excluding carboxylic acids is 1. The van der Waals surface area contributed by atoms with E-state index in [1.807, 2.05) is 29.1 Å². The topological polar surface area (TPSA) is 112 Å². The van der Waals surface area contributed by atoms with Crippen LogP contribution >= 0.6 is 23.1 Å². The number of carbonyl (C=O) groups is 1. The minimum atomic E-state index is -0.554. The van der Waals surface area contributed by atoms with Crippen LogP contribution in [0.15, 0.2) is 40.9 Å². The van der Waals surface area contributed by atoms with E-state index in [-0.39, 0.29) is 23.0 Å². The number of anilines is 1. The van der Waals surface area contributed by atoms with Gasteiger partial charge in [0.15, 0.2) is 11.0 Å². The summed E-state index contributed by atoms with van der Waals surface area (Å²) < 4.78 is 7.08. The molecule has 0 bridgehead atoms. The predicted octanol–water partition coefficient (Wildman–Crippen LogP) is 3.58. The van der Waals surface area contributed by atoms with Crippen LogP contribution in [-0.4, -0.2) is 38.0 Å². The lowest BCUT2D eigenvalue weighted by Gasteiger charge is -2.08. The van der Waals surface area contributed by atoms with Gasteiger partial charge < -0.3 is 14.6 Å². The molecule has 0 unspecified atom stereocenters. The van der Waals surface area contributed by atoms with E-state index in [0.717, 1.165) is 10.7 Å². The first-order valence-corrected chi connectivity index (χ1v) is 10.1. The van der Waals surface area contributed by atoms with Gasteiger partial charge in [0.1, 0.15) is 11.4 Å². The van der Waals surface area contributed by atoms with Gasteiger partial charge >= 0.3 is 0 Å². The molecule has 0 aliphatic heterocycles. The van der Waals surface area contributed by atoms with E-state index in [4.69, 9.17) is 4.74 Å². The van der Waals surface area contributed by atoms with Gasteiger partial charge in [0.2, 0.25) is 5.91 Å². The van der Waals surface area contributed by atoms with Crippen molar-refractivity contribution in [1.29, 1.82) is 0 Å². The Bertz CT molecular complexity index is 988. The van der Waals surface area contributed by atoms with E-state index in [1.165, 1.54) is 23.9 Å². The fraction of sp³-hybridized carbons (Fsp3) is 0.235. The number of thioether (sulfide) groups is 1. The lowest BCUT2D eigenvalue weighted by Crippen LogP contribution is -2.15. The van der Waals surface area contributed by atoms with Crippen LogP contribution in [-0.2, 0) is 11.8 Å². The summed E-state index contributed by atoms with van der Waals surface area (Å²) in [5.74, 6) is 0.764. The molecule has 11 heteroatoms. The summed E-state index contributed by atoms with van der Waals surface area (Å²) in [6.07, 6.45) is 0. The van der Waals surface area contributed by atoms with Gasteiger partial charge in [-0.15, -0.1) is 21.5 Å². The molecule has 1 aromatic carbocycles. The Labute approximate surface area is 168 Å². The number of benzene rings is 1. The number of nitro groups is 1. The Morgan fingerprint density at radius 3 is 2.89 bits per heavy atom. The number of nitro benzene ring substituents is 1. The van der Waals surface area contributed by atoms with Crippen molar-refractivity contribution in [2.45, 2.75) is 12.1 Å². The second kappa shape index (κ2) is 8.85. The third-order valence-corrected chi connectivity index (χ3v) is 5.55. The van der Waals surface area contributed by atoms with Crippen molar-refractivity contribution < 1.29 is 14.5 Å². The molecule has 0 aliphatic rings. The van der Waals surface area contributed by atoms with Crippen LogP contribution in [0.1, 0.15) is 6.92 Å². The van der Waals surface area contributed by atoms with Crippen molar-refractivity contribution in [2.24, 2.45) is 7.05 Å². The minimum Gasteiger partial charge on any atom is -0.494 e. The third kappa shape index (κ3) is 4.49. The zero-order valence-corrected chi connectivity index (χ0v) is 16.7. The van der Waals surface area contributed by atoms with E-state index in [0.29, 0.717) is 17.5 Å². The molecule has 0 fully saturated rings. The molecule has 9 nitrogen and oxygen atoms in total. The van der Waals surface area contributed by atoms with E-state index >= 15 is 0 Å². The van der Waals surface area contributed by atoms with Crippen molar-refractivity contribution in [2.75, 3.05) is 17.7 Å². The second-order valence-corrected chi connectivity index (χ2v) is 7.44. The van der Waals surface area contributed by atoms with E-state index in [1.54, 1.807) is 24.3 Å². The van der Waals surface area contributed by atoms with Crippen molar-refractivity contribution in [1.82, 2.24) is 14.8 Å². The molecule has 0 atom stereocenters. The zero-order valence-electron chi connectivity index (χ0n) is 15.1. The molecule has 1 amide bonds. The first-order chi connectivity index (χ1) is 13.5. The van der Waals surface area contributed by atoms with Crippen LogP contribution in [0.3, 0.4) is 0 Å². The molecule has 2 heterocycles. The van der Waals surface area contributed by atoms with Crippen LogP contribution in [0.2, 0.25) is 0 Å². The van der Waals surface area contributed by atoms with E-state index < -0.39 is 4.92 Å². The Morgan fingerprint density at radius 2 is 2.21 bits per heavy atom. The van der Waals surface area contributed by atoms with Crippen LogP contribution in [0.5, 0.6) is 5.75 Å². The summed E-state index contributed by atoms with van der Waals surface area (Å²) in [6, 6.07) is 8.21. The molecule has 146 valence electrons. The summed E-state index contributed by atoms with van der Waals surface area (Å²) in [5.41, 5.74) is -0.0979. The van der Waals surface area contributed by atoms with Gasteiger partial charge in [-0.3, -0.25) is 14.9 Å². The Kier molecular flexibility index (Phi) is 6.26. The zero-order chi connectivity index (χ0) is 20.1. The molecule has 0 aliphatic carbocycles. The first-order valence-electron chi connectivity index (χ1n) is 8.26. The highest BCUT2D eigenvalue weighted by molar-refractivity contribution is 7.99. The normalized spacial score (nSPS) is 10.6. The van der Waals surface area contributed by atoms with Gasteiger partial charge in [-0.05, 0) is 30.5 Å². The summed E-state index contributed by atoms with van der Waals surface area (Å²) in [6.45, 7) is 2.18. The number of thiophene rings is 1. The highest BCUT2D eigenvalue weighted by Crippen LogP contribution is 2.30. The van der Waals surface area contributed by atoms with Gasteiger partial charge in [-0.2, -0.15) is 0 Å². The lowest BCUT2D eigenvalue weighted by molar-refractivity contribution is -0.384. The smallest absolute Gasteiger partial charge is 0.296 e. The fourth-order valence-corrected chi connectivity index (χ4v) is 3.86. The van der Waals surface area contributed by atoms with Gasteiger partial charge in [-0.25, -0.2) is 0 Å². The third-order valence-electron chi connectivity index (χ3n) is 3.66. The number of amides is 1. The predicted molar refractivity (Wildman–Crippen MR) is 108 cm³/mol. The number of nitrogens with one attached hydrogen (secondary N) is 1. The van der Waals surface area contributed by atoms with Crippen LogP contribution in [0.25, 0.3) is 10.7 Å². The molecule has 0 radical (unpaired) electrons. The minimum absolute atomic E-state index is 0.0424. The monoisotopic (exact) mass is 419 g/mol. The SMILES string of the molecule is CCOc1ccc(NC(=O)CSc2nnc(-c3cccs3)n2C)c([N+](=O)[O-])c1. The number of rotatable bonds is 8. The summed E-state index contributed by atoms with van der Waals surface area (Å²) in [7, 11) is 1.83. The Balaban J connectivity index is 1.66. The molecule has 0 saturated heterocycles. The number of aromatic nitrogens is 3. The van der Waals surface area contributed by atoms with Crippen molar-refractivity contribution in [3.05, 3.63) is 45.8 Å². The number of ether oxygens (including phenoxy) is 1. The van der Waals surface area contributed by atoms with Gasteiger partial charge in [0, 0.05) is 7.05 Å². The molecule has 0 saturated carbocycles. The standard InChI is InChI=1S/C17H17N5O4S2/c1-3-26-11-6-7-12(13(9-11)22(24)25)18-15(23)10-28-17-20-19-16(21(17)2)14-5-4-8-27-14/h4-9H,3,10H2,1-2H3,(H,18,23). The number of hydrogen-bond donors (Lipinski definition) is 1. The van der Waals surface area contributed by atoms with Crippen LogP contribution in [0, 0.1) is 10.1 Å². The maximum absolute atomic E-state index is 12.3. The summed E-state index contributed by atoms with van der Waals surface area (Å²) in [4.78, 5) is 24.0. The Hall–Kier alpha value is -2.92. The molecule has 0 spiro atoms. The summed E-state index contributed by atoms with van der Waals surface area (Å²) >= 11 is 2.76. The number of nitrogens with zero attached hydrogens (tertiary/aromatic N) is 4. The molecule has 3 rings (SSSR count). The average Bonchev–Trinajstić information content (AvgIpc) is 3.31. The molecule has 3 aromatic rings. The van der Waals surface area contributed by atoms with Crippen LogP contribution in [0.4, 0.5) is 11.4 Å². The van der Waals surface area contributed by atoms with Crippen LogP contribution < -0.4 is 10.1 Å². The van der Waals surface area contributed by atoms with E-state index in [9.17, 15) is 14.9 Å². The van der Waals surface area contributed by atoms with Gasteiger partial charge in [-0.1, -0.05) is 17.8 Å². The van der Waals surface area contributed by atoms with Crippen molar-refractivity contribution in [3.8, 4) is 16.5 Å². The molecule has 28 heavy (non-hydrogen) atoms. The second-order valence-electron chi connectivity index (χ2n) is 5.55. The van der Waals surface area contributed by atoms with Gasteiger partial charge in [0.05, 0.1) is 28.2 Å². The maximum atomic E-state index is 12.3. The quantitative estimate of drug-likeness (QED) is 0.337. The van der Waals surface area contributed by atoms with Crippen molar-refractivity contribution >= 4 is 40.4 Å². The molecular weight excluding hydrogens is 402 g/mol. The Morgan fingerprint density at radius 1 is 1.39 bits per heavy atom. The lowest BCUT2D eigenvalue weighted by atomic mass is 10.2. The first kappa shape index (κ1) is 19.8. The molecule has 2 aromatic heterocycles. The molecular formula is C17H17N5O4S2. The average molecular weight is 419 g/mol. The maximum Gasteiger partial charge on any atom is 0.296 e. The van der Waals surface area contributed by atoms with Crippen molar-refractivity contribution in [3.63, 3.8) is 0 Å². The fourth-order valence-electron chi connectivity index (χ4n) is 2.40. The highest BCUT2D eigenvalue weighted by atomic mass is 32.2.